The third-order valence-corrected chi connectivity index (χ3v) is 11.9. The molecule has 19 nitrogen and oxygen atoms in total. The molecule has 0 saturated carbocycles. The average Bonchev–Trinajstić information content (AvgIpc) is 3.76. The van der Waals surface area contributed by atoms with E-state index in [0.29, 0.717) is 31.2 Å². The van der Waals surface area contributed by atoms with Crippen molar-refractivity contribution in [3.05, 3.63) is 23.8 Å². The highest BCUT2D eigenvalue weighted by Crippen LogP contribution is 2.39. The number of aliphatic carboxylic acids is 1. The normalized spacial score (nSPS) is 25.6. The summed E-state index contributed by atoms with van der Waals surface area (Å²) in [4.78, 5) is 72.7. The summed E-state index contributed by atoms with van der Waals surface area (Å²) in [5, 5.41) is 69.6. The third kappa shape index (κ3) is 13.8. The molecule has 0 spiro atoms. The summed E-state index contributed by atoms with van der Waals surface area (Å²) in [6.45, 7) is 0.937. The number of alkyl halides is 2. The van der Waals surface area contributed by atoms with E-state index in [1.165, 1.54) is 0 Å². The van der Waals surface area contributed by atoms with Crippen molar-refractivity contribution >= 4 is 53.1 Å². The van der Waals surface area contributed by atoms with Gasteiger partial charge in [-0.2, -0.15) is 11.8 Å². The number of nitrogens with one attached hydrogen (secondary N) is 6. The minimum Gasteiger partial charge on any atom is -0.543 e. The monoisotopic (exact) mass is 873 g/mol. The average molecular weight is 874 g/mol. The van der Waals surface area contributed by atoms with Crippen LogP contribution in [-0.2, 0) is 28.7 Å². The minimum absolute atomic E-state index is 0.00597. The largest absolute Gasteiger partial charge is 0.543 e. The van der Waals surface area contributed by atoms with E-state index in [4.69, 9.17) is 9.47 Å². The Labute approximate surface area is 349 Å². The number of carboxylic acid groups (broad SMARTS) is 1. The van der Waals surface area contributed by atoms with Crippen LogP contribution in [0.1, 0.15) is 89.5 Å². The van der Waals surface area contributed by atoms with E-state index in [1.54, 1.807) is 0 Å². The molecule has 22 heteroatoms. The Bertz CT molecular complexity index is 1670. The molecule has 3 heterocycles. The van der Waals surface area contributed by atoms with Gasteiger partial charge in [0.25, 0.3) is 12.2 Å². The van der Waals surface area contributed by atoms with E-state index < -0.39 is 90.7 Å². The first-order chi connectivity index (χ1) is 28.5. The second-order valence-electron chi connectivity index (χ2n) is 15.0. The fraction of sp³-hybridized carbons (Fsp3) is 0.684. The van der Waals surface area contributed by atoms with Gasteiger partial charge in [0.1, 0.15) is 30.0 Å². The number of hydrogen-bond donors (Lipinski definition) is 10. The maximum Gasteiger partial charge on any atom is 0.315 e. The molecule has 0 radical (unpaired) electrons. The quantitative estimate of drug-likeness (QED) is 0.0443. The molecule has 4 rings (SSSR count). The van der Waals surface area contributed by atoms with Crippen LogP contribution in [0.3, 0.4) is 0 Å². The molecule has 10 N–H and O–H groups in total. The lowest BCUT2D eigenvalue weighted by atomic mass is 9.88. The number of rotatable bonds is 24. The lowest BCUT2D eigenvalue weighted by molar-refractivity contribution is -0.368. The zero-order valence-electron chi connectivity index (χ0n) is 33.2. The maximum absolute atomic E-state index is 14.2. The molecule has 6 amide bonds. The van der Waals surface area contributed by atoms with Crippen LogP contribution in [-0.4, -0.2) is 135 Å². The highest BCUT2D eigenvalue weighted by Gasteiger charge is 2.53. The number of fused-ring (bicyclic) bond motifs is 1. The van der Waals surface area contributed by atoms with Gasteiger partial charge in [-0.05, 0) is 43.9 Å². The number of hydrogen-bond acceptors (Lipinski definition) is 14. The molecule has 3 aliphatic rings. The molecule has 60 heavy (non-hydrogen) atoms. The van der Waals surface area contributed by atoms with Crippen molar-refractivity contribution in [3.8, 4) is 5.75 Å². The lowest BCUT2D eigenvalue weighted by Crippen LogP contribution is -2.70. The Kier molecular flexibility index (Phi) is 18.5. The fourth-order valence-electron chi connectivity index (χ4n) is 7.25. The molecule has 3 fully saturated rings. The third-order valence-electron chi connectivity index (χ3n) is 10.4. The van der Waals surface area contributed by atoms with Crippen LogP contribution in [0.5, 0.6) is 5.75 Å². The van der Waals surface area contributed by atoms with Gasteiger partial charge in [-0.1, -0.05) is 19.3 Å². The van der Waals surface area contributed by atoms with Crippen LogP contribution < -0.4 is 41.7 Å². The molecular formula is C38H55F2N6O13S-. The molecule has 1 aromatic carbocycles. The van der Waals surface area contributed by atoms with Crippen molar-refractivity contribution in [3.63, 3.8) is 0 Å². The second kappa shape index (κ2) is 23.0. The molecule has 6 unspecified atom stereocenters. The van der Waals surface area contributed by atoms with Gasteiger partial charge in [0.15, 0.2) is 0 Å². The Balaban J connectivity index is 1.14. The Hall–Kier alpha value is -4.35. The number of thioether (sulfide) groups is 1. The number of carbonyl (C=O) groups is 6. The number of urea groups is 1. The number of amides is 6. The predicted molar refractivity (Wildman–Crippen MR) is 208 cm³/mol. The first kappa shape index (κ1) is 48.3. The van der Waals surface area contributed by atoms with Crippen molar-refractivity contribution in [1.29, 1.82) is 0 Å². The molecular weight excluding hydrogens is 819 g/mol. The number of anilines is 1. The number of benzene rings is 1. The Morgan fingerprint density at radius 1 is 0.983 bits per heavy atom. The van der Waals surface area contributed by atoms with Crippen molar-refractivity contribution < 1.29 is 72.6 Å². The van der Waals surface area contributed by atoms with Crippen molar-refractivity contribution in [2.75, 3.05) is 30.8 Å². The van der Waals surface area contributed by atoms with Gasteiger partial charge in [-0.15, -0.1) is 0 Å². The summed E-state index contributed by atoms with van der Waals surface area (Å²) in [5.41, 5.74) is -1.06. The highest BCUT2D eigenvalue weighted by molar-refractivity contribution is 8.00. The number of halogens is 2. The Morgan fingerprint density at radius 3 is 2.28 bits per heavy atom. The molecule has 0 bridgehead atoms. The van der Waals surface area contributed by atoms with E-state index in [1.807, 2.05) is 11.8 Å². The van der Waals surface area contributed by atoms with Crippen LogP contribution in [0, 0.1) is 0 Å². The van der Waals surface area contributed by atoms with Crippen LogP contribution >= 0.6 is 11.8 Å². The van der Waals surface area contributed by atoms with Gasteiger partial charge in [-0.3, -0.25) is 19.2 Å². The summed E-state index contributed by atoms with van der Waals surface area (Å²) < 4.78 is 39.3. The van der Waals surface area contributed by atoms with Gasteiger partial charge in [0.05, 0.1) is 36.4 Å². The maximum atomic E-state index is 14.2. The summed E-state index contributed by atoms with van der Waals surface area (Å²) in [7, 11) is 0. The van der Waals surface area contributed by atoms with Gasteiger partial charge >= 0.3 is 6.03 Å². The van der Waals surface area contributed by atoms with Crippen LogP contribution in [0.2, 0.25) is 0 Å². The molecule has 0 aromatic heterocycles. The predicted octanol–water partition coefficient (Wildman–Crippen LogP) is -0.945. The first-order valence-electron chi connectivity index (χ1n) is 20.0. The Morgan fingerprint density at radius 2 is 1.65 bits per heavy atom. The summed E-state index contributed by atoms with van der Waals surface area (Å²) in [6.07, 6.45) is -6.40. The SMILES string of the molecule is CC(=O)N[C@@H]1C(O)CC(Oc2ccc(NC(=O)CCC(=O)NCCCCCCNC(=O)CCCCC3SCC4NC(=O)NC43)cc2C(F)F)(C(=O)[O-])OC1[C@H](O)[C@H](O)CO. The molecule has 3 saturated heterocycles. The molecule has 9 atom stereocenters. The van der Waals surface area contributed by atoms with Crippen molar-refractivity contribution in [2.24, 2.45) is 0 Å². The van der Waals surface area contributed by atoms with Crippen LogP contribution in [0.4, 0.5) is 19.3 Å². The lowest BCUT2D eigenvalue weighted by Gasteiger charge is -2.48. The number of aliphatic hydroxyl groups is 4. The van der Waals surface area contributed by atoms with Gasteiger partial charge in [-0.25, -0.2) is 13.6 Å². The second-order valence-corrected chi connectivity index (χ2v) is 16.3. The van der Waals surface area contributed by atoms with E-state index in [2.05, 4.69) is 31.9 Å². The van der Waals surface area contributed by atoms with Crippen molar-refractivity contribution in [1.82, 2.24) is 26.6 Å². The summed E-state index contributed by atoms with van der Waals surface area (Å²) in [6, 6.07) is 1.53. The van der Waals surface area contributed by atoms with Crippen molar-refractivity contribution in [2.45, 2.75) is 138 Å². The molecule has 1 aromatic rings. The highest BCUT2D eigenvalue weighted by atomic mass is 32.2. The van der Waals surface area contributed by atoms with E-state index in [-0.39, 0.29) is 42.6 Å². The van der Waals surface area contributed by atoms with Gasteiger partial charge in [0.2, 0.25) is 23.6 Å². The van der Waals surface area contributed by atoms with E-state index in [0.717, 1.165) is 69.4 Å². The zero-order valence-corrected chi connectivity index (χ0v) is 34.0. The summed E-state index contributed by atoms with van der Waals surface area (Å²) in [5.74, 6) is -6.87. The van der Waals surface area contributed by atoms with Crippen LogP contribution in [0.15, 0.2) is 18.2 Å². The standard InChI is InChI=1S/C38H56F2N6O13S/c1-20(48)43-32-24(49)17-38(36(55)56,59-34(32)33(54)25(50)18-47)58-26-11-10-21(16-22(26)35(39)40)44-30(53)13-12-29(52)42-15-7-3-2-6-14-41-28(51)9-5-4-8-27-31-23(19-60-27)45-37(57)46-31/h10-11,16,23-25,27,31-35,47,49-50,54H,2-9,12-15,17-19H2,1H3,(H,41,51)(H,42,52)(H,43,48)(H,44,53)(H,55,56)(H2,45,46,57)/p-1/t23?,24?,25-,27?,31?,32-,33-,34?,38?/m1/s1. The number of carbonyl (C=O) groups excluding carboxylic acids is 6. The van der Waals surface area contributed by atoms with Gasteiger partial charge in [0, 0.05) is 62.4 Å². The van der Waals surface area contributed by atoms with Gasteiger partial charge < -0.3 is 71.7 Å². The first-order valence-corrected chi connectivity index (χ1v) is 21.0. The zero-order chi connectivity index (χ0) is 44.0. The summed E-state index contributed by atoms with van der Waals surface area (Å²) >= 11 is 1.85. The number of ether oxygens (including phenoxy) is 2. The van der Waals surface area contributed by atoms with E-state index >= 15 is 0 Å². The molecule has 0 aliphatic carbocycles. The molecule has 3 aliphatic heterocycles. The number of aliphatic hydroxyl groups excluding tert-OH is 4. The fourth-order valence-corrected chi connectivity index (χ4v) is 8.79. The number of carboxylic acids is 1. The van der Waals surface area contributed by atoms with E-state index in [9.17, 15) is 63.1 Å². The topological polar surface area (TPSA) is 297 Å². The minimum atomic E-state index is -3.30. The smallest absolute Gasteiger partial charge is 0.315 e. The van der Waals surface area contributed by atoms with Crippen LogP contribution in [0.25, 0.3) is 0 Å². The molecule has 336 valence electrons. The number of unbranched alkanes of at least 4 members (excludes halogenated alkanes) is 4.